The van der Waals surface area contributed by atoms with E-state index in [0.29, 0.717) is 41.7 Å². The smallest absolute Gasteiger partial charge is 0.140 e. The highest BCUT2D eigenvalue weighted by atomic mass is 16.6. The minimum absolute atomic E-state index is 0.363. The van der Waals surface area contributed by atoms with Crippen molar-refractivity contribution in [3.05, 3.63) is 12.2 Å². The molecule has 0 spiro atoms. The molecule has 8 atom stereocenters. The van der Waals surface area contributed by atoms with Gasteiger partial charge in [-0.15, -0.1) is 0 Å². The highest BCUT2D eigenvalue weighted by Gasteiger charge is 2.65. The van der Waals surface area contributed by atoms with Crippen LogP contribution in [-0.2, 0) is 9.53 Å². The molecule has 0 aromatic carbocycles. The van der Waals surface area contributed by atoms with Gasteiger partial charge in [-0.05, 0) is 49.4 Å². The Morgan fingerprint density at radius 2 is 1.94 bits per heavy atom. The van der Waals surface area contributed by atoms with Crippen molar-refractivity contribution in [3.63, 3.8) is 0 Å². The minimum Gasteiger partial charge on any atom is -0.369 e. The van der Waals surface area contributed by atoms with Gasteiger partial charge in [0.2, 0.25) is 0 Å². The zero-order valence-electron chi connectivity index (χ0n) is 9.92. The molecule has 4 aliphatic carbocycles. The van der Waals surface area contributed by atoms with Crippen molar-refractivity contribution in [2.75, 3.05) is 0 Å². The van der Waals surface area contributed by atoms with Crippen LogP contribution in [0.2, 0.25) is 0 Å². The molecule has 1 aliphatic heterocycles. The number of hydrogen-bond donors (Lipinski definition) is 0. The van der Waals surface area contributed by atoms with Crippen LogP contribution in [0.25, 0.3) is 0 Å². The van der Waals surface area contributed by atoms with E-state index >= 15 is 0 Å². The Balaban J connectivity index is 1.39. The number of allylic oxidation sites excluding steroid dienone is 2. The molecule has 1 heterocycles. The first-order valence-electron chi connectivity index (χ1n) is 7.19. The first-order chi connectivity index (χ1) is 8.31. The fourth-order valence-corrected chi connectivity index (χ4v) is 5.31. The number of carbonyl (C=O) groups is 1. The number of fused-ring (bicyclic) bond motifs is 7. The van der Waals surface area contributed by atoms with E-state index in [0.717, 1.165) is 24.7 Å². The van der Waals surface area contributed by atoms with Crippen LogP contribution in [0.1, 0.15) is 25.7 Å². The van der Waals surface area contributed by atoms with Gasteiger partial charge in [0.25, 0.3) is 0 Å². The number of ether oxygens (including phenoxy) is 1. The van der Waals surface area contributed by atoms with Crippen molar-refractivity contribution in [1.29, 1.82) is 0 Å². The third kappa shape index (κ3) is 1.08. The lowest BCUT2D eigenvalue weighted by atomic mass is 9.77. The second kappa shape index (κ2) is 2.85. The summed E-state index contributed by atoms with van der Waals surface area (Å²) in [5, 5.41) is 0. The summed E-state index contributed by atoms with van der Waals surface area (Å²) in [6.45, 7) is 0. The first kappa shape index (κ1) is 9.32. The van der Waals surface area contributed by atoms with Crippen LogP contribution < -0.4 is 0 Å². The molecule has 1 saturated heterocycles. The zero-order valence-corrected chi connectivity index (χ0v) is 9.92. The van der Waals surface area contributed by atoms with Crippen LogP contribution in [0, 0.1) is 35.5 Å². The second-order valence-electron chi connectivity index (χ2n) is 6.86. The molecule has 5 rings (SSSR count). The molecule has 0 aromatic heterocycles. The highest BCUT2D eigenvalue weighted by molar-refractivity contribution is 5.85. The molecule has 0 aromatic rings. The molecule has 90 valence electrons. The molecule has 0 amide bonds. The fraction of sp³-hybridized carbons (Fsp3) is 0.800. The first-order valence-corrected chi connectivity index (χ1v) is 7.19. The largest absolute Gasteiger partial charge is 0.369 e. The van der Waals surface area contributed by atoms with Crippen LogP contribution in [-0.4, -0.2) is 18.0 Å². The third-order valence-corrected chi connectivity index (χ3v) is 6.11. The molecule has 0 radical (unpaired) electrons. The van der Waals surface area contributed by atoms with Crippen molar-refractivity contribution in [1.82, 2.24) is 0 Å². The fourth-order valence-electron chi connectivity index (χ4n) is 5.31. The van der Waals surface area contributed by atoms with E-state index in [1.54, 1.807) is 0 Å². The minimum atomic E-state index is 0.363. The second-order valence-corrected chi connectivity index (χ2v) is 6.86. The predicted octanol–water partition coefficient (Wildman–Crippen LogP) is 2.19. The van der Waals surface area contributed by atoms with Crippen molar-refractivity contribution in [3.8, 4) is 0 Å². The normalized spacial score (nSPS) is 60.9. The van der Waals surface area contributed by atoms with E-state index in [2.05, 4.69) is 12.2 Å². The summed E-state index contributed by atoms with van der Waals surface area (Å²) >= 11 is 0. The molecule has 3 saturated carbocycles. The number of Topliss-reactive ketones (excluding diaryl/α,β-unsaturated/α-hetero) is 1. The number of carbonyl (C=O) groups excluding carboxylic acids is 1. The van der Waals surface area contributed by atoms with Gasteiger partial charge in [-0.3, -0.25) is 4.79 Å². The van der Waals surface area contributed by atoms with E-state index in [1.165, 1.54) is 12.8 Å². The van der Waals surface area contributed by atoms with Gasteiger partial charge in [0.1, 0.15) is 5.78 Å². The van der Waals surface area contributed by atoms with Gasteiger partial charge in [0, 0.05) is 11.8 Å². The summed E-state index contributed by atoms with van der Waals surface area (Å²) < 4.78 is 5.68. The number of hydrogen-bond acceptors (Lipinski definition) is 2. The molecule has 8 unspecified atom stereocenters. The van der Waals surface area contributed by atoms with E-state index in [1.807, 2.05) is 0 Å². The Bertz CT molecular complexity index is 427. The third-order valence-electron chi connectivity index (χ3n) is 6.11. The standard InChI is InChI=1S/C15H18O2/c16-13(10-4-7-1-2-8(10)3-7)11-5-9-6-12(11)15-14(9)17-15/h1-2,7-12,14-15H,3-6H2. The van der Waals surface area contributed by atoms with Crippen molar-refractivity contribution in [2.45, 2.75) is 37.9 Å². The van der Waals surface area contributed by atoms with Crippen molar-refractivity contribution >= 4 is 5.78 Å². The molecule has 2 heteroatoms. The van der Waals surface area contributed by atoms with Gasteiger partial charge in [0.15, 0.2) is 0 Å². The summed E-state index contributed by atoms with van der Waals surface area (Å²) in [6, 6.07) is 0. The Hall–Kier alpha value is -0.630. The Kier molecular flexibility index (Phi) is 1.56. The molecule has 5 aliphatic rings. The SMILES string of the molecule is O=C(C1CC2C=CC1C2)C1CC2CC1C1OC21. The topological polar surface area (TPSA) is 29.6 Å². The summed E-state index contributed by atoms with van der Waals surface area (Å²) in [7, 11) is 0. The van der Waals surface area contributed by atoms with Crippen molar-refractivity contribution < 1.29 is 9.53 Å². The Labute approximate surface area is 101 Å². The van der Waals surface area contributed by atoms with Crippen molar-refractivity contribution in [2.24, 2.45) is 35.5 Å². The monoisotopic (exact) mass is 230 g/mol. The van der Waals surface area contributed by atoms with Gasteiger partial charge in [0.05, 0.1) is 12.2 Å². The van der Waals surface area contributed by atoms with E-state index in [9.17, 15) is 4.79 Å². The quantitative estimate of drug-likeness (QED) is 0.537. The summed E-state index contributed by atoms with van der Waals surface area (Å²) in [5.41, 5.74) is 0. The van der Waals surface area contributed by atoms with E-state index in [-0.39, 0.29) is 0 Å². The van der Waals surface area contributed by atoms with Crippen LogP contribution >= 0.6 is 0 Å². The molecular weight excluding hydrogens is 212 g/mol. The maximum absolute atomic E-state index is 12.7. The lowest BCUT2D eigenvalue weighted by molar-refractivity contribution is -0.129. The van der Waals surface area contributed by atoms with Gasteiger partial charge < -0.3 is 4.74 Å². The lowest BCUT2D eigenvalue weighted by Crippen LogP contribution is -2.32. The molecule has 2 nitrogen and oxygen atoms in total. The number of rotatable bonds is 2. The average molecular weight is 230 g/mol. The Morgan fingerprint density at radius 3 is 2.59 bits per heavy atom. The maximum atomic E-state index is 12.7. The van der Waals surface area contributed by atoms with Gasteiger partial charge in [-0.2, -0.15) is 0 Å². The molecule has 17 heavy (non-hydrogen) atoms. The summed E-state index contributed by atoms with van der Waals surface area (Å²) in [6.07, 6.45) is 10.5. The lowest BCUT2D eigenvalue weighted by Gasteiger charge is -2.25. The predicted molar refractivity (Wildman–Crippen MR) is 62.2 cm³/mol. The van der Waals surface area contributed by atoms with E-state index in [4.69, 9.17) is 4.74 Å². The van der Waals surface area contributed by atoms with E-state index < -0.39 is 0 Å². The van der Waals surface area contributed by atoms with Gasteiger partial charge in [-0.25, -0.2) is 0 Å². The average Bonchev–Trinajstić information content (AvgIpc) is 2.79. The zero-order chi connectivity index (χ0) is 11.1. The van der Waals surface area contributed by atoms with Crippen LogP contribution in [0.4, 0.5) is 0 Å². The molecular formula is C15H18O2. The molecule has 4 fully saturated rings. The van der Waals surface area contributed by atoms with Crippen LogP contribution in [0.15, 0.2) is 12.2 Å². The van der Waals surface area contributed by atoms with Gasteiger partial charge >= 0.3 is 0 Å². The maximum Gasteiger partial charge on any atom is 0.140 e. The molecule has 4 bridgehead atoms. The Morgan fingerprint density at radius 1 is 1.00 bits per heavy atom. The highest BCUT2D eigenvalue weighted by Crippen LogP contribution is 2.60. The summed E-state index contributed by atoms with van der Waals surface area (Å²) in [4.78, 5) is 12.7. The number of epoxide rings is 1. The van der Waals surface area contributed by atoms with Crippen LogP contribution in [0.3, 0.4) is 0 Å². The molecule has 0 N–H and O–H groups in total. The van der Waals surface area contributed by atoms with Crippen LogP contribution in [0.5, 0.6) is 0 Å². The number of ketones is 1. The van der Waals surface area contributed by atoms with Gasteiger partial charge in [-0.1, -0.05) is 12.2 Å². The summed E-state index contributed by atoms with van der Waals surface area (Å²) in [5.74, 6) is 3.96.